The van der Waals surface area contributed by atoms with Crippen LogP contribution in [0, 0.1) is 0 Å². The maximum Gasteiger partial charge on any atom is 0.244 e. The van der Waals surface area contributed by atoms with Crippen molar-refractivity contribution in [2.24, 2.45) is 5.73 Å². The van der Waals surface area contributed by atoms with Crippen LogP contribution >= 0.6 is 11.8 Å². The maximum absolute atomic E-state index is 12.3. The van der Waals surface area contributed by atoms with Crippen molar-refractivity contribution in [1.82, 2.24) is 0 Å². The molecule has 1 aromatic carbocycles. The minimum absolute atomic E-state index is 0.110. The van der Waals surface area contributed by atoms with Gasteiger partial charge in [0.2, 0.25) is 5.91 Å². The van der Waals surface area contributed by atoms with Crippen molar-refractivity contribution in [2.75, 3.05) is 24.3 Å². The molecule has 1 amide bonds. The maximum atomic E-state index is 12.3. The summed E-state index contributed by atoms with van der Waals surface area (Å²) in [5, 5.41) is 2.94. The molecule has 1 aromatic rings. The molecule has 0 aromatic heterocycles. The standard InChI is InChI=1S/C15H22N2O2S/c1-2-20-11-12-4-3-5-13(10-12)17-14(18)15(16)6-8-19-9-7-15/h3-5,10H,2,6-9,11,16H2,1H3,(H,17,18). The van der Waals surface area contributed by atoms with Crippen molar-refractivity contribution in [3.63, 3.8) is 0 Å². The lowest BCUT2D eigenvalue weighted by molar-refractivity contribution is -0.124. The molecule has 0 saturated carbocycles. The Hall–Kier alpha value is -1.04. The molecule has 1 fully saturated rings. The molecule has 20 heavy (non-hydrogen) atoms. The van der Waals surface area contributed by atoms with Crippen LogP contribution in [0.15, 0.2) is 24.3 Å². The van der Waals surface area contributed by atoms with Crippen molar-refractivity contribution in [2.45, 2.75) is 31.1 Å². The predicted molar refractivity (Wildman–Crippen MR) is 83.9 cm³/mol. The number of anilines is 1. The second kappa shape index (κ2) is 7.11. The van der Waals surface area contributed by atoms with E-state index in [1.807, 2.05) is 30.0 Å². The Bertz CT molecular complexity index is 459. The van der Waals surface area contributed by atoms with Gasteiger partial charge in [0.15, 0.2) is 0 Å². The Morgan fingerprint density at radius 2 is 2.20 bits per heavy atom. The molecule has 2 rings (SSSR count). The SMILES string of the molecule is CCSCc1cccc(NC(=O)C2(N)CCOCC2)c1. The van der Waals surface area contributed by atoms with Crippen molar-refractivity contribution in [1.29, 1.82) is 0 Å². The molecule has 0 aliphatic carbocycles. The zero-order valence-corrected chi connectivity index (χ0v) is 12.7. The van der Waals surface area contributed by atoms with Crippen molar-refractivity contribution in [3.05, 3.63) is 29.8 Å². The molecule has 0 atom stereocenters. The van der Waals surface area contributed by atoms with Crippen LogP contribution in [-0.4, -0.2) is 30.4 Å². The van der Waals surface area contributed by atoms with Crippen LogP contribution in [0.1, 0.15) is 25.3 Å². The molecule has 110 valence electrons. The monoisotopic (exact) mass is 294 g/mol. The molecule has 0 radical (unpaired) electrons. The Kier molecular flexibility index (Phi) is 5.46. The fourth-order valence-electron chi connectivity index (χ4n) is 2.18. The molecule has 1 saturated heterocycles. The van der Waals surface area contributed by atoms with Gasteiger partial charge in [0, 0.05) is 24.7 Å². The molecular weight excluding hydrogens is 272 g/mol. The number of rotatable bonds is 5. The van der Waals surface area contributed by atoms with Gasteiger partial charge in [-0.1, -0.05) is 19.1 Å². The van der Waals surface area contributed by atoms with E-state index in [4.69, 9.17) is 10.5 Å². The van der Waals surface area contributed by atoms with Gasteiger partial charge in [0.05, 0.1) is 0 Å². The molecule has 4 nitrogen and oxygen atoms in total. The highest BCUT2D eigenvalue weighted by atomic mass is 32.2. The number of thioether (sulfide) groups is 1. The molecule has 3 N–H and O–H groups in total. The van der Waals surface area contributed by atoms with Crippen LogP contribution in [0.25, 0.3) is 0 Å². The molecule has 1 aliphatic rings. The van der Waals surface area contributed by atoms with Gasteiger partial charge in [-0.25, -0.2) is 0 Å². The summed E-state index contributed by atoms with van der Waals surface area (Å²) >= 11 is 1.86. The lowest BCUT2D eigenvalue weighted by atomic mass is 9.90. The first-order valence-corrected chi connectivity index (χ1v) is 8.14. The van der Waals surface area contributed by atoms with E-state index in [2.05, 4.69) is 18.3 Å². The van der Waals surface area contributed by atoms with Crippen LogP contribution in [0.4, 0.5) is 5.69 Å². The summed E-state index contributed by atoms with van der Waals surface area (Å²) in [5.41, 5.74) is 7.41. The minimum atomic E-state index is -0.799. The molecular formula is C15H22N2O2S. The molecule has 0 unspecified atom stereocenters. The number of benzene rings is 1. The number of hydrogen-bond donors (Lipinski definition) is 2. The van der Waals surface area contributed by atoms with Gasteiger partial charge in [0.25, 0.3) is 0 Å². The van der Waals surface area contributed by atoms with E-state index in [1.54, 1.807) is 0 Å². The fourth-order valence-corrected chi connectivity index (χ4v) is 2.80. The van der Waals surface area contributed by atoms with E-state index >= 15 is 0 Å². The van der Waals surface area contributed by atoms with Gasteiger partial charge in [-0.2, -0.15) is 11.8 Å². The number of hydrogen-bond acceptors (Lipinski definition) is 4. The Balaban J connectivity index is 2.00. The van der Waals surface area contributed by atoms with Gasteiger partial charge < -0.3 is 15.8 Å². The van der Waals surface area contributed by atoms with E-state index in [-0.39, 0.29) is 5.91 Å². The average molecular weight is 294 g/mol. The number of ether oxygens (including phenoxy) is 1. The van der Waals surface area contributed by atoms with Gasteiger partial charge in [-0.05, 0) is 36.3 Å². The summed E-state index contributed by atoms with van der Waals surface area (Å²) in [6.07, 6.45) is 1.15. The second-order valence-electron chi connectivity index (χ2n) is 5.06. The molecule has 0 spiro atoms. The Morgan fingerprint density at radius 1 is 1.45 bits per heavy atom. The zero-order chi connectivity index (χ0) is 14.4. The number of amides is 1. The van der Waals surface area contributed by atoms with Crippen LogP contribution in [-0.2, 0) is 15.3 Å². The van der Waals surface area contributed by atoms with E-state index in [1.165, 1.54) is 5.56 Å². The third kappa shape index (κ3) is 3.98. The summed E-state index contributed by atoms with van der Waals surface area (Å²) in [7, 11) is 0. The normalized spacial score (nSPS) is 17.7. The Labute approximate surface area is 124 Å². The third-order valence-corrected chi connectivity index (χ3v) is 4.44. The topological polar surface area (TPSA) is 64.4 Å². The first-order valence-electron chi connectivity index (χ1n) is 6.99. The summed E-state index contributed by atoms with van der Waals surface area (Å²) < 4.78 is 5.27. The summed E-state index contributed by atoms with van der Waals surface area (Å²) in [6, 6.07) is 7.96. The third-order valence-electron chi connectivity index (χ3n) is 3.49. The van der Waals surface area contributed by atoms with E-state index in [9.17, 15) is 4.79 Å². The van der Waals surface area contributed by atoms with Crippen LogP contribution in [0.2, 0.25) is 0 Å². The summed E-state index contributed by atoms with van der Waals surface area (Å²) in [6.45, 7) is 3.24. The van der Waals surface area contributed by atoms with E-state index in [0.29, 0.717) is 26.1 Å². The highest BCUT2D eigenvalue weighted by Crippen LogP contribution is 2.21. The summed E-state index contributed by atoms with van der Waals surface area (Å²) in [4.78, 5) is 12.3. The van der Waals surface area contributed by atoms with Crippen molar-refractivity contribution >= 4 is 23.4 Å². The number of carbonyl (C=O) groups excluding carboxylic acids is 1. The fraction of sp³-hybridized carbons (Fsp3) is 0.533. The average Bonchev–Trinajstić information content (AvgIpc) is 2.46. The largest absolute Gasteiger partial charge is 0.381 e. The first kappa shape index (κ1) is 15.4. The predicted octanol–water partition coefficient (Wildman–Crippen LogP) is 2.39. The van der Waals surface area contributed by atoms with Crippen LogP contribution in [0.5, 0.6) is 0 Å². The number of nitrogens with one attached hydrogen (secondary N) is 1. The van der Waals surface area contributed by atoms with Crippen molar-refractivity contribution < 1.29 is 9.53 Å². The number of carbonyl (C=O) groups is 1. The highest BCUT2D eigenvalue weighted by Gasteiger charge is 2.35. The lowest BCUT2D eigenvalue weighted by Crippen LogP contribution is -2.54. The number of nitrogens with two attached hydrogens (primary N) is 1. The second-order valence-corrected chi connectivity index (χ2v) is 6.33. The van der Waals surface area contributed by atoms with E-state index < -0.39 is 5.54 Å². The smallest absolute Gasteiger partial charge is 0.244 e. The summed E-state index contributed by atoms with van der Waals surface area (Å²) in [5.74, 6) is 1.94. The van der Waals surface area contributed by atoms with Gasteiger partial charge in [-0.15, -0.1) is 0 Å². The quantitative estimate of drug-likeness (QED) is 0.875. The van der Waals surface area contributed by atoms with Gasteiger partial charge in [0.1, 0.15) is 5.54 Å². The van der Waals surface area contributed by atoms with Crippen LogP contribution in [0.3, 0.4) is 0 Å². The van der Waals surface area contributed by atoms with Crippen LogP contribution < -0.4 is 11.1 Å². The minimum Gasteiger partial charge on any atom is -0.381 e. The lowest BCUT2D eigenvalue weighted by Gasteiger charge is -2.31. The first-order chi connectivity index (χ1) is 9.64. The molecule has 1 aliphatic heterocycles. The molecule has 5 heteroatoms. The van der Waals surface area contributed by atoms with Gasteiger partial charge in [-0.3, -0.25) is 4.79 Å². The Morgan fingerprint density at radius 3 is 2.90 bits per heavy atom. The van der Waals surface area contributed by atoms with Gasteiger partial charge >= 0.3 is 0 Å². The van der Waals surface area contributed by atoms with Crippen molar-refractivity contribution in [3.8, 4) is 0 Å². The van der Waals surface area contributed by atoms with E-state index in [0.717, 1.165) is 17.2 Å². The molecule has 1 heterocycles. The molecule has 0 bridgehead atoms. The highest BCUT2D eigenvalue weighted by molar-refractivity contribution is 7.98. The zero-order valence-electron chi connectivity index (χ0n) is 11.9.